The molecule has 1 amide bonds. The summed E-state index contributed by atoms with van der Waals surface area (Å²) >= 11 is 0. The fourth-order valence-electron chi connectivity index (χ4n) is 2.05. The van der Waals surface area contributed by atoms with Gasteiger partial charge in [0.05, 0.1) is 5.25 Å². The molecule has 0 aliphatic heterocycles. The quantitative estimate of drug-likeness (QED) is 0.771. The lowest BCUT2D eigenvalue weighted by Gasteiger charge is -2.28. The van der Waals surface area contributed by atoms with Gasteiger partial charge in [0.25, 0.3) is 0 Å². The van der Waals surface area contributed by atoms with Crippen molar-refractivity contribution in [1.29, 1.82) is 0 Å². The monoisotopic (exact) mass is 345 g/mol. The van der Waals surface area contributed by atoms with Gasteiger partial charge in [-0.3, -0.25) is 4.79 Å². The van der Waals surface area contributed by atoms with Gasteiger partial charge in [-0.15, -0.1) is 0 Å². The Morgan fingerprint density at radius 3 is 2.30 bits per heavy atom. The molecule has 128 valence electrons. The van der Waals surface area contributed by atoms with Gasteiger partial charge in [0.15, 0.2) is 9.84 Å². The van der Waals surface area contributed by atoms with E-state index in [9.17, 15) is 22.0 Å². The maximum Gasteiger partial charge on any atom is 0.246 e. The molecule has 1 aromatic rings. The molecule has 4 nitrogen and oxygen atoms in total. The van der Waals surface area contributed by atoms with Crippen molar-refractivity contribution in [3.63, 3.8) is 0 Å². The number of rotatable bonds is 5. The Bertz CT molecular complexity index is 729. The number of benzene rings is 1. The number of nitrogens with zero attached hydrogens (tertiary/aromatic N) is 1. The lowest BCUT2D eigenvalue weighted by molar-refractivity contribution is -0.126. The molecule has 0 N–H and O–H groups in total. The molecule has 1 rings (SSSR count). The van der Waals surface area contributed by atoms with Gasteiger partial charge >= 0.3 is 0 Å². The third-order valence-corrected chi connectivity index (χ3v) is 5.75. The van der Waals surface area contributed by atoms with Crippen LogP contribution in [-0.2, 0) is 14.6 Å². The summed E-state index contributed by atoms with van der Waals surface area (Å²) in [6, 6.07) is 2.57. The molecule has 0 aromatic heterocycles. The number of hydrogen-bond acceptors (Lipinski definition) is 3. The summed E-state index contributed by atoms with van der Waals surface area (Å²) in [4.78, 5) is 13.5. The maximum absolute atomic E-state index is 13.7. The second-order valence-electron chi connectivity index (χ2n) is 5.68. The second kappa shape index (κ2) is 7.21. The van der Waals surface area contributed by atoms with Crippen molar-refractivity contribution in [3.8, 4) is 0 Å². The van der Waals surface area contributed by atoms with Crippen molar-refractivity contribution in [2.45, 2.75) is 32.1 Å². The van der Waals surface area contributed by atoms with E-state index in [-0.39, 0.29) is 5.56 Å². The number of allylic oxidation sites excluding steroid dienone is 1. The predicted octanol–water partition coefficient (Wildman–Crippen LogP) is 2.65. The number of likely N-dealkylation sites (N-methyl/N-ethyl adjacent to an activating group) is 1. The average molecular weight is 345 g/mol. The van der Waals surface area contributed by atoms with Crippen LogP contribution in [0.5, 0.6) is 0 Å². The van der Waals surface area contributed by atoms with Crippen LogP contribution in [0.3, 0.4) is 0 Å². The molecule has 23 heavy (non-hydrogen) atoms. The summed E-state index contributed by atoms with van der Waals surface area (Å²) in [6.45, 7) is 4.69. The molecule has 0 saturated carbocycles. The topological polar surface area (TPSA) is 54.5 Å². The first kappa shape index (κ1) is 19.3. The molecule has 0 bridgehead atoms. The Hall–Kier alpha value is -1.76. The molecule has 0 unspecified atom stereocenters. The highest BCUT2D eigenvalue weighted by molar-refractivity contribution is 7.91. The summed E-state index contributed by atoms with van der Waals surface area (Å²) in [5.74, 6) is -1.90. The summed E-state index contributed by atoms with van der Waals surface area (Å²) in [6.07, 6.45) is 2.32. The molecule has 1 aromatic carbocycles. The lowest BCUT2D eigenvalue weighted by atomic mass is 10.1. The second-order valence-corrected chi connectivity index (χ2v) is 8.08. The normalized spacial score (nSPS) is 15.2. The Kier molecular flexibility index (Phi) is 6.04. The highest BCUT2D eigenvalue weighted by atomic mass is 32.2. The minimum absolute atomic E-state index is 0.122. The van der Waals surface area contributed by atoms with Crippen LogP contribution < -0.4 is 0 Å². The Morgan fingerprint density at radius 2 is 1.83 bits per heavy atom. The zero-order valence-corrected chi connectivity index (χ0v) is 14.6. The Balaban J connectivity index is 3.00. The van der Waals surface area contributed by atoms with E-state index in [1.165, 1.54) is 37.9 Å². The molecule has 0 radical (unpaired) electrons. The van der Waals surface area contributed by atoms with Crippen LogP contribution in [0, 0.1) is 11.6 Å². The van der Waals surface area contributed by atoms with Crippen molar-refractivity contribution in [1.82, 2.24) is 4.90 Å². The first-order valence-corrected chi connectivity index (χ1v) is 9.00. The number of carbonyl (C=O) groups excluding carboxylic acids is 1. The zero-order chi connectivity index (χ0) is 17.9. The molecule has 0 aliphatic carbocycles. The molecule has 7 heteroatoms. The summed E-state index contributed by atoms with van der Waals surface area (Å²) in [7, 11) is -1.80. The lowest BCUT2D eigenvalue weighted by Crippen LogP contribution is -2.43. The molecule has 0 fully saturated rings. The van der Waals surface area contributed by atoms with Crippen molar-refractivity contribution in [3.05, 3.63) is 41.5 Å². The van der Waals surface area contributed by atoms with E-state index in [0.717, 1.165) is 18.4 Å². The molecule has 0 heterocycles. The van der Waals surface area contributed by atoms with Gasteiger partial charge in [0.2, 0.25) is 5.91 Å². The zero-order valence-electron chi connectivity index (χ0n) is 13.8. The van der Waals surface area contributed by atoms with Gasteiger partial charge < -0.3 is 4.90 Å². The van der Waals surface area contributed by atoms with E-state index in [0.29, 0.717) is 5.57 Å². The van der Waals surface area contributed by atoms with Crippen LogP contribution in [0.25, 0.3) is 5.57 Å². The number of sulfone groups is 1. The van der Waals surface area contributed by atoms with Gasteiger partial charge in [0, 0.05) is 37.1 Å². The van der Waals surface area contributed by atoms with Crippen LogP contribution in [0.15, 0.2) is 24.3 Å². The van der Waals surface area contributed by atoms with E-state index in [2.05, 4.69) is 0 Å². The van der Waals surface area contributed by atoms with E-state index < -0.39 is 38.7 Å². The first-order valence-electron chi connectivity index (χ1n) is 7.04. The van der Waals surface area contributed by atoms with E-state index in [1.54, 1.807) is 6.92 Å². The van der Waals surface area contributed by atoms with E-state index >= 15 is 0 Å². The summed E-state index contributed by atoms with van der Waals surface area (Å²) in [5.41, 5.74) is 0.454. The van der Waals surface area contributed by atoms with E-state index in [1.807, 2.05) is 0 Å². The SMILES string of the molecule is C/C(=C\C(=O)N(C)[C@@H](C)[C@H](C)S(C)(=O)=O)c1ccc(F)cc1F. The molecular weight excluding hydrogens is 324 g/mol. The number of carbonyl (C=O) groups is 1. The minimum atomic E-state index is -3.29. The minimum Gasteiger partial charge on any atom is -0.338 e. The largest absolute Gasteiger partial charge is 0.338 e. The van der Waals surface area contributed by atoms with Gasteiger partial charge in [-0.1, -0.05) is 0 Å². The van der Waals surface area contributed by atoms with Crippen LogP contribution >= 0.6 is 0 Å². The molecule has 0 aliphatic rings. The first-order chi connectivity index (χ1) is 10.4. The fourth-order valence-corrected chi connectivity index (χ4v) is 2.95. The predicted molar refractivity (Wildman–Crippen MR) is 86.5 cm³/mol. The highest BCUT2D eigenvalue weighted by Crippen LogP contribution is 2.19. The number of amides is 1. The molecule has 2 atom stereocenters. The van der Waals surface area contributed by atoms with Crippen molar-refractivity contribution in [2.24, 2.45) is 0 Å². The van der Waals surface area contributed by atoms with Gasteiger partial charge in [-0.2, -0.15) is 0 Å². The standard InChI is InChI=1S/C16H21F2NO3S/c1-10(14-7-6-13(17)9-15(14)18)8-16(20)19(4)11(2)12(3)23(5,21)22/h6-9,11-12H,1-5H3/b10-8+/t11-,12-/m0/s1. The highest BCUT2D eigenvalue weighted by Gasteiger charge is 2.27. The third-order valence-electron chi connectivity index (χ3n) is 4.01. The van der Waals surface area contributed by atoms with Crippen molar-refractivity contribution < 1.29 is 22.0 Å². The Labute approximate surface area is 135 Å². The van der Waals surface area contributed by atoms with Crippen molar-refractivity contribution >= 4 is 21.3 Å². The summed E-state index contributed by atoms with van der Waals surface area (Å²) in [5, 5.41) is -0.729. The van der Waals surface area contributed by atoms with Crippen LogP contribution in [-0.4, -0.2) is 43.8 Å². The third kappa shape index (κ3) is 4.86. The van der Waals surface area contributed by atoms with Crippen LogP contribution in [0.2, 0.25) is 0 Å². The fraction of sp³-hybridized carbons (Fsp3) is 0.438. The molecular formula is C16H21F2NO3S. The number of halogens is 2. The van der Waals surface area contributed by atoms with Crippen molar-refractivity contribution in [2.75, 3.05) is 13.3 Å². The average Bonchev–Trinajstić information content (AvgIpc) is 2.43. The van der Waals surface area contributed by atoms with Crippen LogP contribution in [0.4, 0.5) is 8.78 Å². The van der Waals surface area contributed by atoms with E-state index in [4.69, 9.17) is 0 Å². The Morgan fingerprint density at radius 1 is 1.26 bits per heavy atom. The van der Waals surface area contributed by atoms with Gasteiger partial charge in [-0.05, 0) is 38.5 Å². The van der Waals surface area contributed by atoms with Crippen LogP contribution in [0.1, 0.15) is 26.3 Å². The van der Waals surface area contributed by atoms with Gasteiger partial charge in [0.1, 0.15) is 11.6 Å². The smallest absolute Gasteiger partial charge is 0.246 e. The molecule has 0 spiro atoms. The number of hydrogen-bond donors (Lipinski definition) is 0. The van der Waals surface area contributed by atoms with Gasteiger partial charge in [-0.25, -0.2) is 17.2 Å². The molecule has 0 saturated heterocycles. The summed E-state index contributed by atoms with van der Waals surface area (Å²) < 4.78 is 49.8. The maximum atomic E-state index is 13.7.